The Morgan fingerprint density at radius 1 is 1.09 bits per heavy atom. The molecule has 0 saturated heterocycles. The third kappa shape index (κ3) is 4.03. The van der Waals surface area contributed by atoms with Crippen LogP contribution in [0.1, 0.15) is 22.1 Å². The lowest BCUT2D eigenvalue weighted by atomic mass is 10.0. The highest BCUT2D eigenvalue weighted by atomic mass is 16.6. The van der Waals surface area contributed by atoms with Crippen LogP contribution >= 0.6 is 0 Å². The van der Waals surface area contributed by atoms with E-state index >= 15 is 0 Å². The molecule has 0 saturated carbocycles. The molecule has 0 radical (unpaired) electrons. The molecular formula is C25H25N5O4. The van der Waals surface area contributed by atoms with Crippen LogP contribution in [0, 0.1) is 10.1 Å². The van der Waals surface area contributed by atoms with E-state index in [1.54, 1.807) is 67.3 Å². The lowest BCUT2D eigenvalue weighted by Crippen LogP contribution is -2.50. The Morgan fingerprint density at radius 3 is 2.44 bits per heavy atom. The van der Waals surface area contributed by atoms with Gasteiger partial charge < -0.3 is 20.0 Å². The molecule has 4 rings (SSSR count). The van der Waals surface area contributed by atoms with Crippen LogP contribution in [0.5, 0.6) is 0 Å². The minimum absolute atomic E-state index is 0.0186. The first-order valence-electron chi connectivity index (χ1n) is 10.7. The fourth-order valence-corrected chi connectivity index (χ4v) is 4.28. The predicted molar refractivity (Wildman–Crippen MR) is 130 cm³/mol. The number of benzene rings is 3. The Balaban J connectivity index is 1.83. The van der Waals surface area contributed by atoms with Crippen molar-refractivity contribution in [2.75, 3.05) is 37.5 Å². The number of nitrogens with one attached hydrogen (secondary N) is 1. The zero-order valence-corrected chi connectivity index (χ0v) is 19.1. The molecule has 9 heteroatoms. The minimum atomic E-state index is -0.700. The Hall–Kier alpha value is -4.40. The van der Waals surface area contributed by atoms with Crippen LogP contribution in [-0.4, -0.2) is 49.3 Å². The van der Waals surface area contributed by atoms with Crippen molar-refractivity contribution in [1.82, 2.24) is 10.2 Å². The van der Waals surface area contributed by atoms with Gasteiger partial charge in [0.15, 0.2) is 0 Å². The molecule has 174 valence electrons. The Morgan fingerprint density at radius 2 is 1.76 bits per heavy atom. The summed E-state index contributed by atoms with van der Waals surface area (Å²) in [6.45, 7) is -0.0186. The van der Waals surface area contributed by atoms with E-state index in [-0.39, 0.29) is 24.0 Å². The van der Waals surface area contributed by atoms with Gasteiger partial charge in [-0.25, -0.2) is 0 Å². The number of carbonyl (C=O) groups is 2. The van der Waals surface area contributed by atoms with E-state index in [0.29, 0.717) is 22.5 Å². The highest BCUT2D eigenvalue weighted by Gasteiger charge is 2.38. The zero-order chi connectivity index (χ0) is 24.4. The van der Waals surface area contributed by atoms with Crippen molar-refractivity contribution in [1.29, 1.82) is 0 Å². The molecule has 0 bridgehead atoms. The molecule has 1 aliphatic rings. The topological polar surface area (TPSA) is 99.0 Å². The molecule has 1 atom stereocenters. The average molecular weight is 460 g/mol. The Kier molecular flexibility index (Phi) is 6.18. The summed E-state index contributed by atoms with van der Waals surface area (Å²) < 4.78 is 0. The third-order valence-electron chi connectivity index (χ3n) is 6.02. The van der Waals surface area contributed by atoms with E-state index in [1.165, 1.54) is 11.0 Å². The molecule has 3 aromatic carbocycles. The fraction of sp³-hybridized carbons (Fsp3) is 0.200. The van der Waals surface area contributed by atoms with Gasteiger partial charge in [0.2, 0.25) is 5.91 Å². The van der Waals surface area contributed by atoms with Crippen LogP contribution in [-0.2, 0) is 4.79 Å². The van der Waals surface area contributed by atoms with E-state index < -0.39 is 11.1 Å². The zero-order valence-electron chi connectivity index (χ0n) is 19.1. The van der Waals surface area contributed by atoms with Gasteiger partial charge in [-0.15, -0.1) is 0 Å². The van der Waals surface area contributed by atoms with Gasteiger partial charge in [-0.3, -0.25) is 19.7 Å². The van der Waals surface area contributed by atoms with Gasteiger partial charge in [0, 0.05) is 38.5 Å². The standard InChI is InChI=1S/C25H25N5O4/c1-26-23(31)16-29-20-12-8-7-11-19(20)25(32)28(3)24(29)17-13-14-21(22(15-17)30(33)34)27(2)18-9-5-4-6-10-18/h4-15,24H,16H2,1-3H3,(H,26,31). The summed E-state index contributed by atoms with van der Waals surface area (Å²) in [5, 5.41) is 14.7. The number of likely N-dealkylation sites (N-methyl/N-ethyl adjacent to an activating group) is 1. The maximum absolute atomic E-state index is 13.1. The number of nitro groups is 1. The number of nitrogens with zero attached hydrogens (tertiary/aromatic N) is 4. The SMILES string of the molecule is CNC(=O)CN1c2ccccc2C(=O)N(C)C1c1ccc(N(C)c2ccccc2)c([N+](=O)[O-])c1. The van der Waals surface area contributed by atoms with Crippen molar-refractivity contribution in [3.05, 3.63) is 94.0 Å². The third-order valence-corrected chi connectivity index (χ3v) is 6.02. The lowest BCUT2D eigenvalue weighted by molar-refractivity contribution is -0.384. The minimum Gasteiger partial charge on any atom is -0.358 e. The highest BCUT2D eigenvalue weighted by Crippen LogP contribution is 2.41. The van der Waals surface area contributed by atoms with Crippen LogP contribution < -0.4 is 15.1 Å². The molecule has 2 amide bonds. The van der Waals surface area contributed by atoms with E-state index in [9.17, 15) is 19.7 Å². The molecule has 0 fully saturated rings. The normalized spacial score (nSPS) is 15.0. The Labute approximate surface area is 197 Å². The summed E-state index contributed by atoms with van der Waals surface area (Å²) in [5.41, 5.74) is 2.74. The largest absolute Gasteiger partial charge is 0.358 e. The maximum atomic E-state index is 13.1. The maximum Gasteiger partial charge on any atom is 0.293 e. The number of hydrogen-bond acceptors (Lipinski definition) is 6. The van der Waals surface area contributed by atoms with Crippen molar-refractivity contribution in [3.8, 4) is 0 Å². The molecule has 0 aromatic heterocycles. The summed E-state index contributed by atoms with van der Waals surface area (Å²) in [4.78, 5) is 42.2. The summed E-state index contributed by atoms with van der Waals surface area (Å²) in [6, 6.07) is 21.3. The molecular weight excluding hydrogens is 434 g/mol. The number of para-hydroxylation sites is 2. The molecule has 1 N–H and O–H groups in total. The molecule has 0 spiro atoms. The van der Waals surface area contributed by atoms with Crippen molar-refractivity contribution in [2.45, 2.75) is 6.17 Å². The highest BCUT2D eigenvalue weighted by molar-refractivity contribution is 6.02. The van der Waals surface area contributed by atoms with Crippen molar-refractivity contribution in [3.63, 3.8) is 0 Å². The van der Waals surface area contributed by atoms with Crippen molar-refractivity contribution >= 4 is 34.6 Å². The number of nitro benzene ring substituents is 1. The number of rotatable bonds is 6. The first kappa shape index (κ1) is 22.8. The lowest BCUT2D eigenvalue weighted by Gasteiger charge is -2.43. The van der Waals surface area contributed by atoms with E-state index in [1.807, 2.05) is 30.3 Å². The summed E-state index contributed by atoms with van der Waals surface area (Å²) in [6.07, 6.45) is -0.700. The van der Waals surface area contributed by atoms with Crippen LogP contribution in [0.2, 0.25) is 0 Å². The molecule has 1 aliphatic heterocycles. The molecule has 3 aromatic rings. The number of fused-ring (bicyclic) bond motifs is 1. The Bertz CT molecular complexity index is 1250. The number of amides is 2. The van der Waals surface area contributed by atoms with Gasteiger partial charge in [0.25, 0.3) is 11.6 Å². The molecule has 1 unspecified atom stereocenters. The predicted octanol–water partition coefficient (Wildman–Crippen LogP) is 3.70. The van der Waals surface area contributed by atoms with Crippen LogP contribution in [0.25, 0.3) is 0 Å². The molecule has 34 heavy (non-hydrogen) atoms. The van der Waals surface area contributed by atoms with Gasteiger partial charge in [0.05, 0.1) is 22.7 Å². The summed E-state index contributed by atoms with van der Waals surface area (Å²) in [7, 11) is 4.94. The number of anilines is 3. The number of carbonyl (C=O) groups excluding carboxylic acids is 2. The second kappa shape index (κ2) is 9.22. The monoisotopic (exact) mass is 459 g/mol. The van der Waals surface area contributed by atoms with Crippen LogP contribution in [0.4, 0.5) is 22.7 Å². The van der Waals surface area contributed by atoms with E-state index in [4.69, 9.17) is 0 Å². The van der Waals surface area contributed by atoms with Gasteiger partial charge in [-0.2, -0.15) is 0 Å². The van der Waals surface area contributed by atoms with Gasteiger partial charge >= 0.3 is 0 Å². The smallest absolute Gasteiger partial charge is 0.293 e. The van der Waals surface area contributed by atoms with Gasteiger partial charge in [-0.1, -0.05) is 36.4 Å². The van der Waals surface area contributed by atoms with Gasteiger partial charge in [-0.05, 0) is 30.3 Å². The second-order valence-corrected chi connectivity index (χ2v) is 8.01. The van der Waals surface area contributed by atoms with Crippen molar-refractivity contribution < 1.29 is 14.5 Å². The van der Waals surface area contributed by atoms with E-state index in [0.717, 1.165) is 5.69 Å². The van der Waals surface area contributed by atoms with E-state index in [2.05, 4.69) is 5.32 Å². The first-order valence-corrected chi connectivity index (χ1v) is 10.7. The van der Waals surface area contributed by atoms with Crippen LogP contribution in [0.15, 0.2) is 72.8 Å². The first-order chi connectivity index (χ1) is 16.3. The number of hydrogen-bond donors (Lipinski definition) is 1. The molecule has 9 nitrogen and oxygen atoms in total. The summed E-state index contributed by atoms with van der Waals surface area (Å²) in [5.74, 6) is -0.459. The molecule has 0 aliphatic carbocycles. The van der Waals surface area contributed by atoms with Crippen LogP contribution in [0.3, 0.4) is 0 Å². The van der Waals surface area contributed by atoms with Gasteiger partial charge in [0.1, 0.15) is 11.9 Å². The fourth-order valence-electron chi connectivity index (χ4n) is 4.28. The quantitative estimate of drug-likeness (QED) is 0.446. The second-order valence-electron chi connectivity index (χ2n) is 8.01. The molecule has 1 heterocycles. The van der Waals surface area contributed by atoms with Crippen molar-refractivity contribution in [2.24, 2.45) is 0 Å². The summed E-state index contributed by atoms with van der Waals surface area (Å²) >= 11 is 0. The average Bonchev–Trinajstić information content (AvgIpc) is 2.87.